The molecular formula is C22H16N6O5S. The Morgan fingerprint density at radius 1 is 1.24 bits per heavy atom. The standard InChI is InChI=1S/C22H16N6O5S/c1-12-10-17(26-33-12)24-18(29)11-34-22-25-19-15-4-2-3-5-16(15)23-20(19)21(30)27(22)13-6-8-14(9-7-13)28(31)32/h2-10,23H,11H2,1H3,(H,24,26,29). The molecule has 0 aliphatic heterocycles. The van der Waals surface area contributed by atoms with Crippen LogP contribution in [-0.4, -0.2) is 36.3 Å². The molecule has 0 spiro atoms. The maximum Gasteiger partial charge on any atom is 0.283 e. The van der Waals surface area contributed by atoms with Crippen molar-refractivity contribution in [1.29, 1.82) is 0 Å². The fourth-order valence-electron chi connectivity index (χ4n) is 3.52. The van der Waals surface area contributed by atoms with Crippen molar-refractivity contribution in [2.75, 3.05) is 11.1 Å². The fourth-order valence-corrected chi connectivity index (χ4v) is 4.33. The van der Waals surface area contributed by atoms with Gasteiger partial charge in [-0.1, -0.05) is 35.1 Å². The summed E-state index contributed by atoms with van der Waals surface area (Å²) < 4.78 is 6.28. The molecule has 3 heterocycles. The third kappa shape index (κ3) is 3.90. The van der Waals surface area contributed by atoms with Gasteiger partial charge in [-0.05, 0) is 25.1 Å². The zero-order valence-electron chi connectivity index (χ0n) is 17.6. The number of non-ortho nitro benzene ring substituents is 1. The number of H-pyrrole nitrogens is 1. The number of rotatable bonds is 6. The van der Waals surface area contributed by atoms with Gasteiger partial charge in [0.2, 0.25) is 5.91 Å². The number of fused-ring (bicyclic) bond motifs is 3. The summed E-state index contributed by atoms with van der Waals surface area (Å²) in [5.74, 6) is 0.429. The van der Waals surface area contributed by atoms with Gasteiger partial charge < -0.3 is 14.8 Å². The van der Waals surface area contributed by atoms with E-state index in [0.717, 1.165) is 22.7 Å². The number of nitro groups is 1. The first kappa shape index (κ1) is 21.4. The molecule has 12 heteroatoms. The summed E-state index contributed by atoms with van der Waals surface area (Å²) in [4.78, 5) is 44.3. The molecule has 0 aliphatic rings. The summed E-state index contributed by atoms with van der Waals surface area (Å²) in [5, 5.41) is 18.4. The first-order valence-electron chi connectivity index (χ1n) is 10.0. The number of para-hydroxylation sites is 1. The number of carbonyl (C=O) groups is 1. The summed E-state index contributed by atoms with van der Waals surface area (Å²) in [6, 6.07) is 14.5. The Bertz CT molecular complexity index is 1620. The van der Waals surface area contributed by atoms with E-state index in [1.54, 1.807) is 13.0 Å². The maximum absolute atomic E-state index is 13.5. The highest BCUT2D eigenvalue weighted by Crippen LogP contribution is 2.27. The number of aromatic nitrogens is 4. The second kappa shape index (κ2) is 8.48. The number of thioether (sulfide) groups is 1. The summed E-state index contributed by atoms with van der Waals surface area (Å²) >= 11 is 1.06. The number of nitro benzene ring substituents is 1. The lowest BCUT2D eigenvalue weighted by Gasteiger charge is -2.12. The molecule has 0 saturated heterocycles. The molecule has 0 saturated carbocycles. The molecule has 34 heavy (non-hydrogen) atoms. The van der Waals surface area contributed by atoms with Gasteiger partial charge in [-0.25, -0.2) is 4.98 Å². The average molecular weight is 476 g/mol. The van der Waals surface area contributed by atoms with E-state index < -0.39 is 4.92 Å². The molecule has 3 aromatic heterocycles. The molecule has 2 aromatic carbocycles. The Labute approximate surface area is 194 Å². The Kier molecular flexibility index (Phi) is 5.34. The van der Waals surface area contributed by atoms with Gasteiger partial charge in [0.25, 0.3) is 11.2 Å². The van der Waals surface area contributed by atoms with E-state index in [1.165, 1.54) is 28.8 Å². The van der Waals surface area contributed by atoms with Crippen LogP contribution in [0.2, 0.25) is 0 Å². The molecule has 5 aromatic rings. The van der Waals surface area contributed by atoms with Gasteiger partial charge in [0.15, 0.2) is 11.0 Å². The molecule has 170 valence electrons. The number of hydrogen-bond donors (Lipinski definition) is 2. The quantitative estimate of drug-likeness (QED) is 0.163. The minimum absolute atomic E-state index is 0.0564. The maximum atomic E-state index is 13.5. The Morgan fingerprint density at radius 2 is 2.00 bits per heavy atom. The van der Waals surface area contributed by atoms with Crippen LogP contribution in [0.3, 0.4) is 0 Å². The van der Waals surface area contributed by atoms with Crippen LogP contribution < -0.4 is 10.9 Å². The summed E-state index contributed by atoms with van der Waals surface area (Å²) in [7, 11) is 0. The zero-order chi connectivity index (χ0) is 23.8. The van der Waals surface area contributed by atoms with Crippen molar-refractivity contribution in [3.63, 3.8) is 0 Å². The van der Waals surface area contributed by atoms with Crippen LogP contribution in [0.1, 0.15) is 5.76 Å². The van der Waals surface area contributed by atoms with E-state index in [1.807, 2.05) is 24.3 Å². The number of nitrogens with one attached hydrogen (secondary N) is 2. The van der Waals surface area contributed by atoms with Gasteiger partial charge in [-0.15, -0.1) is 0 Å². The third-order valence-electron chi connectivity index (χ3n) is 5.04. The van der Waals surface area contributed by atoms with Crippen LogP contribution in [0.25, 0.3) is 27.6 Å². The number of aryl methyl sites for hydroxylation is 1. The lowest BCUT2D eigenvalue weighted by molar-refractivity contribution is -0.384. The van der Waals surface area contributed by atoms with Crippen LogP contribution in [0.15, 0.2) is 69.1 Å². The highest BCUT2D eigenvalue weighted by atomic mass is 32.2. The Morgan fingerprint density at radius 3 is 2.71 bits per heavy atom. The van der Waals surface area contributed by atoms with Crippen molar-refractivity contribution in [3.05, 3.63) is 80.8 Å². The number of hydrogen-bond acceptors (Lipinski definition) is 8. The van der Waals surface area contributed by atoms with Crippen LogP contribution in [0.5, 0.6) is 0 Å². The molecule has 0 bridgehead atoms. The highest BCUT2D eigenvalue weighted by molar-refractivity contribution is 7.99. The summed E-state index contributed by atoms with van der Waals surface area (Å²) in [5.41, 5.74) is 1.43. The van der Waals surface area contributed by atoms with Crippen LogP contribution in [-0.2, 0) is 4.79 Å². The molecule has 0 unspecified atom stereocenters. The van der Waals surface area contributed by atoms with Gasteiger partial charge in [0, 0.05) is 29.1 Å². The molecule has 0 radical (unpaired) electrons. The van der Waals surface area contributed by atoms with Gasteiger partial charge in [-0.2, -0.15) is 0 Å². The molecule has 0 aliphatic carbocycles. The van der Waals surface area contributed by atoms with Crippen LogP contribution in [0.4, 0.5) is 11.5 Å². The first-order chi connectivity index (χ1) is 16.4. The molecule has 5 rings (SSSR count). The van der Waals surface area contributed by atoms with Crippen LogP contribution >= 0.6 is 11.8 Å². The Hall–Kier alpha value is -4.45. The molecule has 11 nitrogen and oxygen atoms in total. The Balaban J connectivity index is 1.58. The fraction of sp³-hybridized carbons (Fsp3) is 0.0909. The number of nitrogens with zero attached hydrogens (tertiary/aromatic N) is 4. The number of benzene rings is 2. The van der Waals surface area contributed by atoms with Gasteiger partial charge >= 0.3 is 0 Å². The number of carbonyl (C=O) groups excluding carboxylic acids is 1. The second-order valence-electron chi connectivity index (χ2n) is 7.36. The van der Waals surface area contributed by atoms with E-state index in [2.05, 4.69) is 20.4 Å². The van der Waals surface area contributed by atoms with Gasteiger partial charge in [0.1, 0.15) is 16.8 Å². The number of aromatic amines is 1. The van der Waals surface area contributed by atoms with Crippen molar-refractivity contribution in [1.82, 2.24) is 19.7 Å². The lowest BCUT2D eigenvalue weighted by atomic mass is 10.2. The van der Waals surface area contributed by atoms with Crippen molar-refractivity contribution in [2.24, 2.45) is 0 Å². The number of amides is 1. The molecule has 2 N–H and O–H groups in total. The van der Waals surface area contributed by atoms with E-state index in [-0.39, 0.29) is 33.9 Å². The molecule has 0 fully saturated rings. The molecule has 1 amide bonds. The third-order valence-corrected chi connectivity index (χ3v) is 5.98. The monoisotopic (exact) mass is 476 g/mol. The van der Waals surface area contributed by atoms with Crippen molar-refractivity contribution >= 4 is 51.1 Å². The largest absolute Gasteiger partial charge is 0.360 e. The van der Waals surface area contributed by atoms with Crippen molar-refractivity contribution in [3.8, 4) is 5.69 Å². The van der Waals surface area contributed by atoms with Crippen molar-refractivity contribution < 1.29 is 14.2 Å². The van der Waals surface area contributed by atoms with E-state index in [0.29, 0.717) is 22.5 Å². The minimum atomic E-state index is -0.517. The predicted octanol–water partition coefficient (Wildman–Crippen LogP) is 3.80. The highest BCUT2D eigenvalue weighted by Gasteiger charge is 2.19. The molecular weight excluding hydrogens is 460 g/mol. The van der Waals surface area contributed by atoms with E-state index >= 15 is 0 Å². The van der Waals surface area contributed by atoms with E-state index in [9.17, 15) is 19.7 Å². The average Bonchev–Trinajstić information content (AvgIpc) is 3.41. The van der Waals surface area contributed by atoms with Crippen molar-refractivity contribution in [2.45, 2.75) is 12.1 Å². The second-order valence-corrected chi connectivity index (χ2v) is 8.30. The SMILES string of the molecule is Cc1cc(NC(=O)CSc2nc3c([nH]c4ccccc43)c(=O)n2-c2ccc([N+](=O)[O-])cc2)no1. The lowest BCUT2D eigenvalue weighted by Crippen LogP contribution is -2.23. The predicted molar refractivity (Wildman–Crippen MR) is 126 cm³/mol. The first-order valence-corrected chi connectivity index (χ1v) is 11.0. The van der Waals surface area contributed by atoms with Crippen LogP contribution in [0, 0.1) is 17.0 Å². The minimum Gasteiger partial charge on any atom is -0.360 e. The summed E-state index contributed by atoms with van der Waals surface area (Å²) in [6.07, 6.45) is 0. The van der Waals surface area contributed by atoms with Gasteiger partial charge in [0.05, 0.1) is 16.4 Å². The zero-order valence-corrected chi connectivity index (χ0v) is 18.5. The van der Waals surface area contributed by atoms with Gasteiger partial charge in [-0.3, -0.25) is 24.3 Å². The number of anilines is 1. The normalized spacial score (nSPS) is 11.2. The summed E-state index contributed by atoms with van der Waals surface area (Å²) in [6.45, 7) is 1.71. The van der Waals surface area contributed by atoms with E-state index in [4.69, 9.17) is 4.52 Å². The smallest absolute Gasteiger partial charge is 0.283 e. The molecule has 0 atom stereocenters. The topological polar surface area (TPSA) is 149 Å².